The molecule has 21 heavy (non-hydrogen) atoms. The van der Waals surface area contributed by atoms with E-state index in [9.17, 15) is 4.79 Å². The quantitative estimate of drug-likeness (QED) is 0.193. The second-order valence-corrected chi connectivity index (χ2v) is 5.38. The van der Waals surface area contributed by atoms with Crippen LogP contribution in [0.2, 0.25) is 0 Å². The number of ether oxygens (including phenoxy) is 1. The molecule has 0 heterocycles. The molecular weight excluding hydrogens is 377 g/mol. The lowest BCUT2D eigenvalue weighted by Gasteiger charge is -2.33. The van der Waals surface area contributed by atoms with Gasteiger partial charge in [0.15, 0.2) is 0 Å². The molecule has 0 aliphatic heterocycles. The van der Waals surface area contributed by atoms with Crippen molar-refractivity contribution in [3.63, 3.8) is 0 Å². The summed E-state index contributed by atoms with van der Waals surface area (Å²) in [5.41, 5.74) is 1.37. The number of esters is 1. The third kappa shape index (κ3) is 8.21. The van der Waals surface area contributed by atoms with Gasteiger partial charge in [0, 0.05) is 11.6 Å². The second kappa shape index (κ2) is 10.8. The predicted molar refractivity (Wildman–Crippen MR) is 82.1 cm³/mol. The number of carbonyl (C=O) groups excluding carboxylic acids is 1. The number of rotatable bonds is 9. The largest absolute Gasteiger partial charge is 1.00 e. The van der Waals surface area contributed by atoms with E-state index in [4.69, 9.17) is 4.74 Å². The predicted octanol–water partition coefficient (Wildman–Crippen LogP) is 0.167. The van der Waals surface area contributed by atoms with E-state index in [-0.39, 0.29) is 29.9 Å². The van der Waals surface area contributed by atoms with Crippen LogP contribution in [0.15, 0.2) is 43.0 Å². The lowest BCUT2D eigenvalue weighted by atomic mass is 10.1. The van der Waals surface area contributed by atoms with Gasteiger partial charge in [0.2, 0.25) is 0 Å². The molecule has 1 aromatic rings. The lowest BCUT2D eigenvalue weighted by molar-refractivity contribution is -0.921. The van der Waals surface area contributed by atoms with Crippen LogP contribution >= 0.6 is 0 Å². The molecule has 0 aliphatic carbocycles. The van der Waals surface area contributed by atoms with Crippen molar-refractivity contribution in [3.8, 4) is 0 Å². The van der Waals surface area contributed by atoms with Crippen molar-refractivity contribution < 1.29 is 38.0 Å². The molecule has 0 N–H and O–H groups in total. The summed E-state index contributed by atoms with van der Waals surface area (Å²) in [7, 11) is 2.28. The fourth-order valence-corrected chi connectivity index (χ4v) is 2.20. The molecule has 118 valence electrons. The highest BCUT2D eigenvalue weighted by Crippen LogP contribution is 2.13. The van der Waals surface area contributed by atoms with E-state index in [0.717, 1.165) is 37.0 Å². The van der Waals surface area contributed by atoms with Crippen molar-refractivity contribution in [3.05, 3.63) is 48.6 Å². The molecular formula is C17H26INO2. The first-order valence-corrected chi connectivity index (χ1v) is 7.26. The summed E-state index contributed by atoms with van der Waals surface area (Å²) in [5, 5.41) is 0. The van der Waals surface area contributed by atoms with E-state index in [1.54, 1.807) is 0 Å². The van der Waals surface area contributed by atoms with Gasteiger partial charge in [-0.2, -0.15) is 0 Å². The Balaban J connectivity index is 0.00000400. The van der Waals surface area contributed by atoms with Crippen molar-refractivity contribution in [2.75, 3.05) is 26.7 Å². The molecule has 0 bridgehead atoms. The van der Waals surface area contributed by atoms with Gasteiger partial charge in [0.1, 0.15) is 6.54 Å². The van der Waals surface area contributed by atoms with Crippen LogP contribution in [0.4, 0.5) is 0 Å². The average Bonchev–Trinajstić information content (AvgIpc) is 2.47. The minimum absolute atomic E-state index is 0. The number of hydrogen-bond donors (Lipinski definition) is 0. The minimum Gasteiger partial charge on any atom is -1.00 e. The van der Waals surface area contributed by atoms with Gasteiger partial charge >= 0.3 is 5.97 Å². The van der Waals surface area contributed by atoms with E-state index < -0.39 is 0 Å². The molecule has 0 spiro atoms. The highest BCUT2D eigenvalue weighted by Gasteiger charge is 2.19. The van der Waals surface area contributed by atoms with Crippen molar-refractivity contribution in [2.45, 2.75) is 26.3 Å². The number of carbonyl (C=O) groups is 1. The number of hydrogen-bond acceptors (Lipinski definition) is 2. The van der Waals surface area contributed by atoms with Gasteiger partial charge in [-0.15, -0.1) is 0 Å². The van der Waals surface area contributed by atoms with E-state index in [2.05, 4.69) is 44.8 Å². The van der Waals surface area contributed by atoms with Gasteiger partial charge in [-0.3, -0.25) is 0 Å². The van der Waals surface area contributed by atoms with E-state index in [0.29, 0.717) is 6.61 Å². The van der Waals surface area contributed by atoms with Crippen LogP contribution in [0.5, 0.6) is 0 Å². The van der Waals surface area contributed by atoms with E-state index in [1.165, 1.54) is 11.6 Å². The number of quaternary nitrogens is 1. The second-order valence-electron chi connectivity index (χ2n) is 5.38. The summed E-state index contributed by atoms with van der Waals surface area (Å²) in [4.78, 5) is 10.9. The average molecular weight is 403 g/mol. The topological polar surface area (TPSA) is 26.3 Å². The summed E-state index contributed by atoms with van der Waals surface area (Å²) in [6.45, 7) is 9.33. The third-order valence-electron chi connectivity index (χ3n) is 3.67. The van der Waals surface area contributed by atoms with Crippen LogP contribution < -0.4 is 24.0 Å². The maximum atomic E-state index is 10.9. The highest BCUT2D eigenvalue weighted by molar-refractivity contribution is 5.81. The van der Waals surface area contributed by atoms with Crippen LogP contribution in [0, 0.1) is 0 Å². The Kier molecular flexibility index (Phi) is 10.3. The number of benzene rings is 1. The Morgan fingerprint density at radius 3 is 2.52 bits per heavy atom. The van der Waals surface area contributed by atoms with Gasteiger partial charge in [-0.1, -0.05) is 36.9 Å². The summed E-state index contributed by atoms with van der Waals surface area (Å²) in [6, 6.07) is 10.6. The Labute approximate surface area is 145 Å². The zero-order chi connectivity index (χ0) is 14.8. The molecule has 0 saturated heterocycles. The zero-order valence-electron chi connectivity index (χ0n) is 13.1. The number of unbranched alkanes of at least 4 members (excludes halogenated alkanes) is 1. The third-order valence-corrected chi connectivity index (χ3v) is 3.67. The lowest BCUT2D eigenvalue weighted by Crippen LogP contribution is -3.00. The standard InChI is InChI=1S/C17H26NO2.HI/c1-4-17(19)20-14-10-9-13-18(3,5-2)15-16-11-7-6-8-12-16;/h4,6-8,11-12H,1,5,9-10,13-15H2,2-3H3;1H/q+1;/p-1. The van der Waals surface area contributed by atoms with E-state index >= 15 is 0 Å². The van der Waals surface area contributed by atoms with Gasteiger partial charge < -0.3 is 33.2 Å². The van der Waals surface area contributed by atoms with Crippen molar-refractivity contribution in [2.24, 2.45) is 0 Å². The molecule has 4 heteroatoms. The molecule has 0 fully saturated rings. The van der Waals surface area contributed by atoms with Crippen molar-refractivity contribution in [1.82, 2.24) is 0 Å². The number of halogens is 1. The minimum atomic E-state index is -0.331. The van der Waals surface area contributed by atoms with Crippen LogP contribution in [0.1, 0.15) is 25.3 Å². The molecule has 0 aromatic heterocycles. The molecule has 0 saturated carbocycles. The molecule has 1 unspecified atom stereocenters. The van der Waals surface area contributed by atoms with Gasteiger partial charge in [-0.05, 0) is 19.8 Å². The fraction of sp³-hybridized carbons (Fsp3) is 0.471. The molecule has 1 aromatic carbocycles. The van der Waals surface area contributed by atoms with Gasteiger partial charge in [0.25, 0.3) is 0 Å². The zero-order valence-corrected chi connectivity index (χ0v) is 15.2. The van der Waals surface area contributed by atoms with Crippen LogP contribution in [-0.4, -0.2) is 37.2 Å². The van der Waals surface area contributed by atoms with Crippen LogP contribution in [0.25, 0.3) is 0 Å². The van der Waals surface area contributed by atoms with Crippen LogP contribution in [-0.2, 0) is 16.1 Å². The Bertz CT molecular complexity index is 422. The molecule has 1 rings (SSSR count). The van der Waals surface area contributed by atoms with Crippen molar-refractivity contribution in [1.29, 1.82) is 0 Å². The Hall–Kier alpha value is -0.880. The normalized spacial score (nSPS) is 12.9. The Morgan fingerprint density at radius 1 is 1.29 bits per heavy atom. The first-order chi connectivity index (χ1) is 9.59. The first-order valence-electron chi connectivity index (χ1n) is 7.26. The van der Waals surface area contributed by atoms with E-state index in [1.807, 2.05) is 6.07 Å². The first kappa shape index (κ1) is 20.1. The summed E-state index contributed by atoms with van der Waals surface area (Å²) in [5.74, 6) is -0.331. The van der Waals surface area contributed by atoms with Crippen molar-refractivity contribution >= 4 is 5.97 Å². The summed E-state index contributed by atoms with van der Waals surface area (Å²) >= 11 is 0. The SMILES string of the molecule is C=CC(=O)OCCCC[N+](C)(CC)Cc1ccccc1.[I-]. The van der Waals surface area contributed by atoms with Gasteiger partial charge in [-0.25, -0.2) is 4.79 Å². The monoisotopic (exact) mass is 403 g/mol. The molecule has 1 atom stereocenters. The molecule has 0 radical (unpaired) electrons. The molecule has 0 aliphatic rings. The van der Waals surface area contributed by atoms with Gasteiger partial charge in [0.05, 0.1) is 26.7 Å². The Morgan fingerprint density at radius 2 is 1.95 bits per heavy atom. The highest BCUT2D eigenvalue weighted by atomic mass is 127. The van der Waals surface area contributed by atoms with Crippen LogP contribution in [0.3, 0.4) is 0 Å². The fourth-order valence-electron chi connectivity index (χ4n) is 2.20. The summed E-state index contributed by atoms with van der Waals surface area (Å²) in [6.07, 6.45) is 3.17. The maximum absolute atomic E-state index is 10.9. The molecule has 3 nitrogen and oxygen atoms in total. The number of nitrogens with zero attached hydrogens (tertiary/aromatic N) is 1. The summed E-state index contributed by atoms with van der Waals surface area (Å²) < 4.78 is 6.01. The maximum Gasteiger partial charge on any atom is 0.330 e. The molecule has 0 amide bonds. The smallest absolute Gasteiger partial charge is 0.330 e.